The topological polar surface area (TPSA) is 95.9 Å². The Morgan fingerprint density at radius 2 is 1.51 bits per heavy atom. The predicted molar refractivity (Wildman–Crippen MR) is 133 cm³/mol. The van der Waals surface area contributed by atoms with Gasteiger partial charge in [0.2, 0.25) is 5.91 Å². The molecule has 2 aromatic rings. The number of rotatable bonds is 6. The Morgan fingerprint density at radius 1 is 0.971 bits per heavy atom. The van der Waals surface area contributed by atoms with Gasteiger partial charge in [-0.3, -0.25) is 9.59 Å². The molecule has 2 unspecified atom stereocenters. The molecule has 35 heavy (non-hydrogen) atoms. The summed E-state index contributed by atoms with van der Waals surface area (Å²) in [6.07, 6.45) is -0.587. The Labute approximate surface area is 206 Å². The molecule has 0 radical (unpaired) electrons. The molecule has 7 heteroatoms. The van der Waals surface area contributed by atoms with Crippen molar-refractivity contribution in [3.8, 4) is 11.1 Å². The van der Waals surface area contributed by atoms with E-state index in [0.717, 1.165) is 22.3 Å². The summed E-state index contributed by atoms with van der Waals surface area (Å²) in [5, 5.41) is 12.3. The van der Waals surface area contributed by atoms with E-state index >= 15 is 0 Å². The van der Waals surface area contributed by atoms with E-state index < -0.39 is 28.9 Å². The Balaban J connectivity index is 1.42. The minimum absolute atomic E-state index is 0.0510. The Hall–Kier alpha value is -3.35. The van der Waals surface area contributed by atoms with E-state index in [0.29, 0.717) is 6.54 Å². The quantitative estimate of drug-likeness (QED) is 0.637. The molecular weight excluding hydrogens is 444 g/mol. The first-order valence-corrected chi connectivity index (χ1v) is 12.1. The van der Waals surface area contributed by atoms with Gasteiger partial charge in [0.15, 0.2) is 0 Å². The lowest BCUT2D eigenvalue weighted by Gasteiger charge is -2.42. The SMILES string of the molecule is CC1CN(C(=O)C(C)(C)C(C)(C)NC(=O)OCC2c3ccccc3-c3ccccc32)CC1C(=O)O. The van der Waals surface area contributed by atoms with Gasteiger partial charge in [-0.1, -0.05) is 55.5 Å². The lowest BCUT2D eigenvalue weighted by molar-refractivity contribution is -0.144. The highest BCUT2D eigenvalue weighted by Gasteiger charge is 2.49. The van der Waals surface area contributed by atoms with E-state index in [1.54, 1.807) is 32.6 Å². The molecule has 0 saturated carbocycles. The van der Waals surface area contributed by atoms with Gasteiger partial charge >= 0.3 is 12.1 Å². The van der Waals surface area contributed by atoms with Crippen LogP contribution in [-0.2, 0) is 14.3 Å². The highest BCUT2D eigenvalue weighted by Crippen LogP contribution is 2.44. The second-order valence-electron chi connectivity index (χ2n) is 10.8. The highest BCUT2D eigenvalue weighted by molar-refractivity contribution is 5.86. The van der Waals surface area contributed by atoms with Gasteiger partial charge in [-0.2, -0.15) is 0 Å². The van der Waals surface area contributed by atoms with Crippen LogP contribution in [0.1, 0.15) is 51.7 Å². The third-order valence-corrected chi connectivity index (χ3v) is 8.07. The zero-order valence-electron chi connectivity index (χ0n) is 21.0. The van der Waals surface area contributed by atoms with Crippen molar-refractivity contribution in [2.75, 3.05) is 19.7 Å². The number of aliphatic carboxylic acids is 1. The third kappa shape index (κ3) is 4.40. The van der Waals surface area contributed by atoms with Crippen molar-refractivity contribution in [1.29, 1.82) is 0 Å². The largest absolute Gasteiger partial charge is 0.481 e. The van der Waals surface area contributed by atoms with Crippen molar-refractivity contribution in [2.45, 2.75) is 46.1 Å². The maximum atomic E-state index is 13.4. The molecule has 0 spiro atoms. The number of fused-ring (bicyclic) bond motifs is 3. The number of nitrogens with zero attached hydrogens (tertiary/aromatic N) is 1. The fourth-order valence-electron chi connectivity index (χ4n) is 5.16. The molecule has 1 heterocycles. The molecule has 0 bridgehead atoms. The molecule has 1 aliphatic heterocycles. The minimum atomic E-state index is -0.980. The second kappa shape index (κ2) is 9.02. The van der Waals surface area contributed by atoms with Gasteiger partial charge in [0.1, 0.15) is 6.61 Å². The van der Waals surface area contributed by atoms with Crippen LogP contribution < -0.4 is 5.32 Å². The van der Waals surface area contributed by atoms with E-state index in [2.05, 4.69) is 29.6 Å². The van der Waals surface area contributed by atoms with Crippen LogP contribution in [0.2, 0.25) is 0 Å². The van der Waals surface area contributed by atoms with Gasteiger partial charge in [0.05, 0.1) is 16.9 Å². The van der Waals surface area contributed by atoms with Crippen LogP contribution in [-0.4, -0.2) is 53.2 Å². The molecule has 2 aliphatic rings. The van der Waals surface area contributed by atoms with Crippen molar-refractivity contribution < 1.29 is 24.2 Å². The van der Waals surface area contributed by atoms with E-state index in [9.17, 15) is 19.5 Å². The summed E-state index contributed by atoms with van der Waals surface area (Å²) in [7, 11) is 0. The first kappa shape index (κ1) is 24.8. The van der Waals surface area contributed by atoms with E-state index in [1.807, 2.05) is 31.2 Å². The molecule has 2 amide bonds. The molecule has 2 N–H and O–H groups in total. The fraction of sp³-hybridized carbons (Fsp3) is 0.464. The fourth-order valence-corrected chi connectivity index (χ4v) is 5.16. The molecule has 1 fully saturated rings. The number of hydrogen-bond acceptors (Lipinski definition) is 4. The second-order valence-corrected chi connectivity index (χ2v) is 10.8. The molecule has 7 nitrogen and oxygen atoms in total. The number of ether oxygens (including phenoxy) is 1. The van der Waals surface area contributed by atoms with Crippen molar-refractivity contribution in [1.82, 2.24) is 10.2 Å². The lowest BCUT2D eigenvalue weighted by Crippen LogP contribution is -2.60. The summed E-state index contributed by atoms with van der Waals surface area (Å²) < 4.78 is 5.69. The molecule has 4 rings (SSSR count). The third-order valence-electron chi connectivity index (χ3n) is 8.07. The van der Waals surface area contributed by atoms with E-state index in [-0.39, 0.29) is 30.9 Å². The molecule has 1 saturated heterocycles. The van der Waals surface area contributed by atoms with Crippen molar-refractivity contribution >= 4 is 18.0 Å². The highest BCUT2D eigenvalue weighted by atomic mass is 16.5. The van der Waals surface area contributed by atoms with Gasteiger partial charge in [-0.15, -0.1) is 0 Å². The molecule has 2 atom stereocenters. The first-order valence-electron chi connectivity index (χ1n) is 12.1. The van der Waals surface area contributed by atoms with Crippen LogP contribution >= 0.6 is 0 Å². The minimum Gasteiger partial charge on any atom is -0.481 e. The summed E-state index contributed by atoms with van der Waals surface area (Å²) in [6, 6.07) is 16.3. The summed E-state index contributed by atoms with van der Waals surface area (Å²) in [4.78, 5) is 39.4. The van der Waals surface area contributed by atoms with Crippen LogP contribution in [0.5, 0.6) is 0 Å². The van der Waals surface area contributed by atoms with Gasteiger partial charge < -0.3 is 20.1 Å². The average Bonchev–Trinajstić information content (AvgIpc) is 3.35. The van der Waals surface area contributed by atoms with Gasteiger partial charge in [0, 0.05) is 19.0 Å². The Bertz CT molecular complexity index is 1110. The number of amides is 2. The standard InChI is InChI=1S/C28H34N2O5/c1-17-14-30(15-22(17)24(31)32)25(33)27(2,3)28(4,5)29-26(34)35-16-23-20-12-8-6-10-18(20)19-11-7-9-13-21(19)23/h6-13,17,22-23H,14-16H2,1-5H3,(H,29,34)(H,31,32). The van der Waals surface area contributed by atoms with Crippen LogP contribution in [0, 0.1) is 17.3 Å². The van der Waals surface area contributed by atoms with Crippen LogP contribution in [0.4, 0.5) is 4.79 Å². The number of alkyl carbamates (subject to hydrolysis) is 1. The van der Waals surface area contributed by atoms with Gasteiger partial charge in [-0.05, 0) is 55.9 Å². The molecule has 2 aromatic carbocycles. The number of carboxylic acids is 1. The Kier molecular flexibility index (Phi) is 6.38. The number of carbonyl (C=O) groups is 3. The first-order chi connectivity index (χ1) is 16.4. The summed E-state index contributed by atoms with van der Waals surface area (Å²) >= 11 is 0. The normalized spacial score (nSPS) is 19.7. The zero-order valence-corrected chi connectivity index (χ0v) is 21.0. The summed E-state index contributed by atoms with van der Waals surface area (Å²) in [5.74, 6) is -1.82. The molecule has 1 aliphatic carbocycles. The van der Waals surface area contributed by atoms with Crippen molar-refractivity contribution in [3.63, 3.8) is 0 Å². The number of hydrogen-bond donors (Lipinski definition) is 2. The average molecular weight is 479 g/mol. The molecular formula is C28H34N2O5. The van der Waals surface area contributed by atoms with Gasteiger partial charge in [-0.25, -0.2) is 4.79 Å². The predicted octanol–water partition coefficient (Wildman–Crippen LogP) is 4.51. The van der Waals surface area contributed by atoms with E-state index in [1.165, 1.54) is 0 Å². The van der Waals surface area contributed by atoms with Crippen LogP contribution in [0.25, 0.3) is 11.1 Å². The number of carboxylic acid groups (broad SMARTS) is 1. The summed E-state index contributed by atoms with van der Waals surface area (Å²) in [6.45, 7) is 9.74. The monoisotopic (exact) mass is 478 g/mol. The van der Waals surface area contributed by atoms with Crippen molar-refractivity contribution in [2.24, 2.45) is 17.3 Å². The number of benzene rings is 2. The van der Waals surface area contributed by atoms with Gasteiger partial charge in [0.25, 0.3) is 0 Å². The number of likely N-dealkylation sites (tertiary alicyclic amines) is 1. The number of nitrogens with one attached hydrogen (secondary N) is 1. The van der Waals surface area contributed by atoms with E-state index in [4.69, 9.17) is 4.74 Å². The Morgan fingerprint density at radius 3 is 2.03 bits per heavy atom. The van der Waals surface area contributed by atoms with Crippen LogP contribution in [0.3, 0.4) is 0 Å². The zero-order chi connectivity index (χ0) is 25.5. The summed E-state index contributed by atoms with van der Waals surface area (Å²) in [5.41, 5.74) is 2.66. The maximum Gasteiger partial charge on any atom is 0.407 e. The maximum absolute atomic E-state index is 13.4. The molecule has 0 aromatic heterocycles. The lowest BCUT2D eigenvalue weighted by atomic mass is 9.73. The van der Waals surface area contributed by atoms with Crippen molar-refractivity contribution in [3.05, 3.63) is 59.7 Å². The number of carbonyl (C=O) groups excluding carboxylic acids is 2. The molecule has 186 valence electrons. The smallest absolute Gasteiger partial charge is 0.407 e. The van der Waals surface area contributed by atoms with Crippen LogP contribution in [0.15, 0.2) is 48.5 Å².